The molecule has 0 bridgehead atoms. The Bertz CT molecular complexity index is 487. The minimum atomic E-state index is 0. The summed E-state index contributed by atoms with van der Waals surface area (Å²) in [5.74, 6) is 1.80. The molecule has 0 radical (unpaired) electrons. The second kappa shape index (κ2) is 17.4. The van der Waals surface area contributed by atoms with Crippen LogP contribution in [0.25, 0.3) is 0 Å². The number of nitrogens with zero attached hydrogens (tertiary/aromatic N) is 1. The van der Waals surface area contributed by atoms with Crippen LogP contribution in [0.15, 0.2) is 29.3 Å². The van der Waals surface area contributed by atoms with Gasteiger partial charge in [-0.3, -0.25) is 4.99 Å². The lowest BCUT2D eigenvalue weighted by Crippen LogP contribution is -2.38. The first-order valence-corrected chi connectivity index (χ1v) is 9.11. The van der Waals surface area contributed by atoms with Crippen LogP contribution in [0.5, 0.6) is 5.75 Å². The molecule has 0 aromatic heterocycles. The van der Waals surface area contributed by atoms with E-state index in [1.165, 1.54) is 5.56 Å². The second-order valence-corrected chi connectivity index (χ2v) is 5.44. The highest BCUT2D eigenvalue weighted by Crippen LogP contribution is 2.17. The number of benzene rings is 1. The molecule has 0 saturated carbocycles. The van der Waals surface area contributed by atoms with E-state index in [0.29, 0.717) is 26.4 Å². The van der Waals surface area contributed by atoms with Gasteiger partial charge in [-0.05, 0) is 38.3 Å². The standard InChI is InChI=1S/C19H33N3O3.HI/c1-4-20-19(21-12-8-14-24-16-15-23-3)22-13-11-17-9-6-7-10-18(17)25-5-2;/h6-7,9-10H,4-5,8,11-16H2,1-3H3,(H2,20,21,22);1H. The SMILES string of the molecule is CCNC(=NCCCOCCOC)NCCc1ccccc1OCC.I. The Morgan fingerprint density at radius 3 is 2.62 bits per heavy atom. The van der Waals surface area contributed by atoms with E-state index in [4.69, 9.17) is 14.2 Å². The molecular weight excluding hydrogens is 445 g/mol. The van der Waals surface area contributed by atoms with E-state index >= 15 is 0 Å². The molecule has 26 heavy (non-hydrogen) atoms. The van der Waals surface area contributed by atoms with Crippen molar-refractivity contribution < 1.29 is 14.2 Å². The van der Waals surface area contributed by atoms with Crippen molar-refractivity contribution in [2.45, 2.75) is 26.7 Å². The van der Waals surface area contributed by atoms with Crippen LogP contribution in [-0.4, -0.2) is 59.1 Å². The van der Waals surface area contributed by atoms with Gasteiger partial charge >= 0.3 is 0 Å². The summed E-state index contributed by atoms with van der Waals surface area (Å²) in [4.78, 5) is 4.57. The van der Waals surface area contributed by atoms with E-state index in [0.717, 1.165) is 44.2 Å². The third-order valence-electron chi connectivity index (χ3n) is 3.45. The molecule has 1 aromatic carbocycles. The maximum atomic E-state index is 5.67. The highest BCUT2D eigenvalue weighted by atomic mass is 127. The van der Waals surface area contributed by atoms with Gasteiger partial charge in [0, 0.05) is 33.4 Å². The van der Waals surface area contributed by atoms with Gasteiger partial charge in [-0.1, -0.05) is 18.2 Å². The molecule has 7 heteroatoms. The number of nitrogens with one attached hydrogen (secondary N) is 2. The van der Waals surface area contributed by atoms with Crippen molar-refractivity contribution in [1.82, 2.24) is 10.6 Å². The van der Waals surface area contributed by atoms with E-state index in [-0.39, 0.29) is 24.0 Å². The van der Waals surface area contributed by atoms with E-state index in [2.05, 4.69) is 28.6 Å². The van der Waals surface area contributed by atoms with Gasteiger partial charge in [0.15, 0.2) is 5.96 Å². The van der Waals surface area contributed by atoms with Gasteiger partial charge in [0.25, 0.3) is 0 Å². The van der Waals surface area contributed by atoms with Crippen molar-refractivity contribution in [1.29, 1.82) is 0 Å². The minimum absolute atomic E-state index is 0. The largest absolute Gasteiger partial charge is 0.494 e. The normalized spacial score (nSPS) is 11.0. The summed E-state index contributed by atoms with van der Waals surface area (Å²) in [5.41, 5.74) is 1.21. The zero-order chi connectivity index (χ0) is 18.2. The first-order valence-electron chi connectivity index (χ1n) is 9.11. The van der Waals surface area contributed by atoms with E-state index in [1.54, 1.807) is 7.11 Å². The average molecular weight is 479 g/mol. The molecule has 0 aliphatic heterocycles. The van der Waals surface area contributed by atoms with E-state index in [9.17, 15) is 0 Å². The van der Waals surface area contributed by atoms with Crippen molar-refractivity contribution >= 4 is 29.9 Å². The summed E-state index contributed by atoms with van der Waals surface area (Å²) in [7, 11) is 1.68. The fourth-order valence-electron chi connectivity index (χ4n) is 2.27. The molecule has 0 fully saturated rings. The van der Waals surface area contributed by atoms with Crippen LogP contribution in [0.4, 0.5) is 0 Å². The fourth-order valence-corrected chi connectivity index (χ4v) is 2.27. The minimum Gasteiger partial charge on any atom is -0.494 e. The van der Waals surface area contributed by atoms with Gasteiger partial charge in [0.05, 0.1) is 19.8 Å². The molecular formula is C19H34IN3O3. The smallest absolute Gasteiger partial charge is 0.191 e. The number of hydrogen-bond donors (Lipinski definition) is 2. The average Bonchev–Trinajstić information content (AvgIpc) is 2.62. The van der Waals surface area contributed by atoms with Crippen molar-refractivity contribution in [2.75, 3.05) is 53.2 Å². The van der Waals surface area contributed by atoms with Crippen molar-refractivity contribution in [3.8, 4) is 5.75 Å². The van der Waals surface area contributed by atoms with E-state index < -0.39 is 0 Å². The number of guanidine groups is 1. The molecule has 0 amide bonds. The Hall–Kier alpha value is -1.06. The van der Waals surface area contributed by atoms with Crippen LogP contribution >= 0.6 is 24.0 Å². The second-order valence-electron chi connectivity index (χ2n) is 5.44. The van der Waals surface area contributed by atoms with Gasteiger partial charge in [0.1, 0.15) is 5.75 Å². The number of hydrogen-bond acceptors (Lipinski definition) is 4. The maximum absolute atomic E-state index is 5.67. The van der Waals surface area contributed by atoms with E-state index in [1.807, 2.05) is 25.1 Å². The van der Waals surface area contributed by atoms with Crippen LogP contribution in [-0.2, 0) is 15.9 Å². The Morgan fingerprint density at radius 1 is 1.08 bits per heavy atom. The first kappa shape index (κ1) is 24.9. The van der Waals surface area contributed by atoms with Gasteiger partial charge in [-0.15, -0.1) is 24.0 Å². The molecule has 0 atom stereocenters. The summed E-state index contributed by atoms with van der Waals surface area (Å²) < 4.78 is 16.0. The summed E-state index contributed by atoms with van der Waals surface area (Å²) in [6.07, 6.45) is 1.79. The number of para-hydroxylation sites is 1. The Morgan fingerprint density at radius 2 is 1.88 bits per heavy atom. The van der Waals surface area contributed by atoms with Crippen LogP contribution < -0.4 is 15.4 Å². The maximum Gasteiger partial charge on any atom is 0.191 e. The predicted molar refractivity (Wildman–Crippen MR) is 118 cm³/mol. The molecule has 150 valence electrons. The molecule has 1 rings (SSSR count). The molecule has 0 saturated heterocycles. The van der Waals surface area contributed by atoms with Gasteiger partial charge < -0.3 is 24.8 Å². The third kappa shape index (κ3) is 11.5. The highest BCUT2D eigenvalue weighted by molar-refractivity contribution is 14.0. The summed E-state index contributed by atoms with van der Waals surface area (Å²) in [6.45, 7) is 9.10. The Labute approximate surface area is 175 Å². The lowest BCUT2D eigenvalue weighted by Gasteiger charge is -2.13. The number of methoxy groups -OCH3 is 1. The molecule has 1 aromatic rings. The predicted octanol–water partition coefficient (Wildman–Crippen LogP) is 2.85. The lowest BCUT2D eigenvalue weighted by atomic mass is 10.1. The Balaban J connectivity index is 0.00000625. The number of rotatable bonds is 13. The monoisotopic (exact) mass is 479 g/mol. The number of aliphatic imine (C=N–C) groups is 1. The lowest BCUT2D eigenvalue weighted by molar-refractivity contribution is 0.0702. The quantitative estimate of drug-likeness (QED) is 0.197. The van der Waals surface area contributed by atoms with Crippen LogP contribution in [0.3, 0.4) is 0 Å². The molecule has 0 heterocycles. The first-order chi connectivity index (χ1) is 12.3. The number of ether oxygens (including phenoxy) is 3. The fraction of sp³-hybridized carbons (Fsp3) is 0.632. The van der Waals surface area contributed by atoms with Crippen LogP contribution in [0.1, 0.15) is 25.8 Å². The van der Waals surface area contributed by atoms with Gasteiger partial charge in [-0.25, -0.2) is 0 Å². The van der Waals surface area contributed by atoms with Gasteiger partial charge in [-0.2, -0.15) is 0 Å². The van der Waals surface area contributed by atoms with Crippen molar-refractivity contribution in [3.63, 3.8) is 0 Å². The molecule has 2 N–H and O–H groups in total. The molecule has 0 aliphatic carbocycles. The highest BCUT2D eigenvalue weighted by Gasteiger charge is 2.03. The Kier molecular flexibility index (Phi) is 16.7. The third-order valence-corrected chi connectivity index (χ3v) is 3.45. The molecule has 0 spiro atoms. The van der Waals surface area contributed by atoms with Gasteiger partial charge in [0.2, 0.25) is 0 Å². The van der Waals surface area contributed by atoms with Crippen molar-refractivity contribution in [3.05, 3.63) is 29.8 Å². The molecule has 6 nitrogen and oxygen atoms in total. The van der Waals surface area contributed by atoms with Crippen LogP contribution in [0.2, 0.25) is 0 Å². The topological polar surface area (TPSA) is 64.1 Å². The molecule has 0 unspecified atom stereocenters. The summed E-state index contributed by atoms with van der Waals surface area (Å²) >= 11 is 0. The number of halogens is 1. The zero-order valence-corrected chi connectivity index (χ0v) is 18.6. The zero-order valence-electron chi connectivity index (χ0n) is 16.3. The summed E-state index contributed by atoms with van der Waals surface area (Å²) in [5, 5.41) is 6.64. The molecule has 0 aliphatic rings. The summed E-state index contributed by atoms with van der Waals surface area (Å²) in [6, 6.07) is 8.17. The van der Waals surface area contributed by atoms with Crippen LogP contribution in [0, 0.1) is 0 Å². The van der Waals surface area contributed by atoms with Crippen molar-refractivity contribution in [2.24, 2.45) is 4.99 Å².